The highest BCUT2D eigenvalue weighted by Crippen LogP contribution is 2.25. The van der Waals surface area contributed by atoms with Gasteiger partial charge in [0, 0.05) is 11.5 Å². The Hall–Kier alpha value is -2.10. The van der Waals surface area contributed by atoms with Gasteiger partial charge in [0.05, 0.1) is 13.2 Å². The van der Waals surface area contributed by atoms with Gasteiger partial charge in [-0.05, 0) is 17.7 Å². The fourth-order valence-electron chi connectivity index (χ4n) is 1.21. The number of hydrogen-bond acceptors (Lipinski definition) is 1. The lowest BCUT2D eigenvalue weighted by Gasteiger charge is -2.05. The molecule has 0 aliphatic rings. The summed E-state index contributed by atoms with van der Waals surface area (Å²) >= 11 is 0. The van der Waals surface area contributed by atoms with Gasteiger partial charge in [-0.25, -0.2) is 0 Å². The second kappa shape index (κ2) is 5.90. The molecular weight excluding hydrogens is 286 g/mol. The summed E-state index contributed by atoms with van der Waals surface area (Å²) in [5.74, 6) is 2.58. The van der Waals surface area contributed by atoms with E-state index in [9.17, 15) is 26.3 Å². The van der Waals surface area contributed by atoms with E-state index in [0.717, 1.165) is 24.1 Å². The Bertz CT molecular complexity index is 539. The van der Waals surface area contributed by atoms with Gasteiger partial charge in [0.1, 0.15) is 5.75 Å². The highest BCUT2D eigenvalue weighted by Gasteiger charge is 2.27. The molecule has 20 heavy (non-hydrogen) atoms. The highest BCUT2D eigenvalue weighted by molar-refractivity contribution is 5.78. The van der Waals surface area contributed by atoms with Crippen molar-refractivity contribution in [1.82, 2.24) is 0 Å². The Morgan fingerprint density at radius 3 is 1.90 bits per heavy atom. The van der Waals surface area contributed by atoms with Crippen LogP contribution >= 0.6 is 0 Å². The van der Waals surface area contributed by atoms with Gasteiger partial charge in [-0.15, -0.1) is 0 Å². The summed E-state index contributed by atoms with van der Waals surface area (Å²) in [6.07, 6.45) is -8.79. The summed E-state index contributed by atoms with van der Waals surface area (Å²) in [5.41, 5.74) is -1.03. The lowest BCUT2D eigenvalue weighted by atomic mass is 10.1. The van der Waals surface area contributed by atoms with E-state index in [0.29, 0.717) is 5.75 Å². The van der Waals surface area contributed by atoms with Gasteiger partial charge < -0.3 is 4.74 Å². The quantitative estimate of drug-likeness (QED) is 0.591. The molecule has 0 spiro atoms. The second-order valence-electron chi connectivity index (χ2n) is 3.47. The van der Waals surface area contributed by atoms with Crippen LogP contribution in [0.2, 0.25) is 0 Å². The maximum atomic E-state index is 12.3. The van der Waals surface area contributed by atoms with Crippen molar-refractivity contribution in [2.45, 2.75) is 12.4 Å². The van der Waals surface area contributed by atoms with Gasteiger partial charge in [0.2, 0.25) is 0 Å². The fourth-order valence-corrected chi connectivity index (χ4v) is 1.21. The van der Waals surface area contributed by atoms with E-state index < -0.39 is 17.9 Å². The number of ether oxygens (including phenoxy) is 1. The van der Waals surface area contributed by atoms with E-state index in [1.165, 1.54) is 25.2 Å². The Balaban J connectivity index is 3.22. The van der Waals surface area contributed by atoms with Crippen molar-refractivity contribution in [1.29, 1.82) is 0 Å². The van der Waals surface area contributed by atoms with Crippen LogP contribution in [0.3, 0.4) is 0 Å². The number of rotatable bonds is 2. The Morgan fingerprint density at radius 1 is 0.950 bits per heavy atom. The summed E-state index contributed by atoms with van der Waals surface area (Å²) < 4.78 is 77.5. The minimum Gasteiger partial charge on any atom is -0.497 e. The van der Waals surface area contributed by atoms with Crippen molar-refractivity contribution in [2.24, 2.45) is 0 Å². The summed E-state index contributed by atoms with van der Waals surface area (Å²) in [4.78, 5) is 0. The standard InChI is InChI=1S/C13H7F6O/c1-20-11-4-2-9(3-5-11)10(8-13(17,18)19)6-7-12(14,15)16/h2-5H,1H3. The molecule has 0 amide bonds. The SMILES string of the molecule is COc1ccc(C(=[C]C(F)(F)F)C#CC(F)(F)F)cc1. The number of halogens is 6. The van der Waals surface area contributed by atoms with Crippen LogP contribution in [0.5, 0.6) is 5.75 Å². The van der Waals surface area contributed by atoms with Crippen molar-refractivity contribution in [2.75, 3.05) is 7.11 Å². The molecule has 1 rings (SSSR count). The monoisotopic (exact) mass is 293 g/mol. The summed E-state index contributed by atoms with van der Waals surface area (Å²) in [6.45, 7) is 0. The lowest BCUT2D eigenvalue weighted by Crippen LogP contribution is -2.05. The van der Waals surface area contributed by atoms with Gasteiger partial charge in [0.15, 0.2) is 0 Å². The minimum atomic E-state index is -4.89. The Labute approximate surface area is 110 Å². The zero-order valence-corrected chi connectivity index (χ0v) is 9.99. The third kappa shape index (κ3) is 5.69. The van der Waals surface area contributed by atoms with Crippen LogP contribution in [0.4, 0.5) is 26.3 Å². The molecule has 0 saturated carbocycles. The van der Waals surface area contributed by atoms with Crippen LogP contribution in [0.15, 0.2) is 24.3 Å². The van der Waals surface area contributed by atoms with Gasteiger partial charge in [-0.1, -0.05) is 18.1 Å². The summed E-state index contributed by atoms with van der Waals surface area (Å²) in [5, 5.41) is 0. The van der Waals surface area contributed by atoms with E-state index in [-0.39, 0.29) is 5.56 Å². The fraction of sp³-hybridized carbons (Fsp3) is 0.231. The van der Waals surface area contributed by atoms with Crippen LogP contribution in [-0.2, 0) is 0 Å². The average Bonchev–Trinajstić information content (AvgIpc) is 2.32. The van der Waals surface area contributed by atoms with Crippen LogP contribution < -0.4 is 4.74 Å². The van der Waals surface area contributed by atoms with E-state index in [2.05, 4.69) is 0 Å². The molecular formula is C13H7F6O. The molecule has 0 aliphatic carbocycles. The molecule has 7 heteroatoms. The first-order valence-electron chi connectivity index (χ1n) is 5.07. The molecule has 0 atom stereocenters. The zero-order chi connectivity index (χ0) is 15.4. The number of methoxy groups -OCH3 is 1. The molecule has 0 aliphatic heterocycles. The molecule has 0 fully saturated rings. The molecule has 0 heterocycles. The van der Waals surface area contributed by atoms with Gasteiger partial charge >= 0.3 is 12.4 Å². The molecule has 0 saturated heterocycles. The van der Waals surface area contributed by atoms with Gasteiger partial charge in [0.25, 0.3) is 0 Å². The van der Waals surface area contributed by atoms with Crippen molar-refractivity contribution in [3.63, 3.8) is 0 Å². The smallest absolute Gasteiger partial charge is 0.458 e. The first-order chi connectivity index (χ1) is 9.11. The normalized spacial score (nSPS) is 12.7. The molecule has 1 nitrogen and oxygen atoms in total. The molecule has 1 aromatic rings. The third-order valence-corrected chi connectivity index (χ3v) is 1.97. The van der Waals surface area contributed by atoms with E-state index >= 15 is 0 Å². The van der Waals surface area contributed by atoms with Crippen molar-refractivity contribution >= 4 is 5.57 Å². The summed E-state index contributed by atoms with van der Waals surface area (Å²) in [7, 11) is 1.34. The molecule has 1 radical (unpaired) electrons. The number of hydrogen-bond donors (Lipinski definition) is 0. The van der Waals surface area contributed by atoms with Gasteiger partial charge in [-0.2, -0.15) is 26.3 Å². The van der Waals surface area contributed by atoms with Crippen molar-refractivity contribution in [3.05, 3.63) is 35.9 Å². The first-order valence-corrected chi connectivity index (χ1v) is 5.07. The Kier molecular flexibility index (Phi) is 4.71. The molecule has 0 bridgehead atoms. The average molecular weight is 293 g/mol. The van der Waals surface area contributed by atoms with Crippen LogP contribution in [-0.4, -0.2) is 19.5 Å². The molecule has 1 aromatic carbocycles. The maximum absolute atomic E-state index is 12.3. The van der Waals surface area contributed by atoms with Crippen LogP contribution in [0.1, 0.15) is 5.56 Å². The third-order valence-electron chi connectivity index (χ3n) is 1.97. The van der Waals surface area contributed by atoms with Gasteiger partial charge in [-0.3, -0.25) is 0 Å². The van der Waals surface area contributed by atoms with E-state index in [4.69, 9.17) is 4.74 Å². The number of benzene rings is 1. The summed E-state index contributed by atoms with van der Waals surface area (Å²) in [6, 6.07) is 4.95. The number of allylic oxidation sites excluding steroid dienone is 2. The molecule has 0 aromatic heterocycles. The zero-order valence-electron chi connectivity index (χ0n) is 9.99. The number of alkyl halides is 6. The topological polar surface area (TPSA) is 9.23 Å². The molecule has 0 unspecified atom stereocenters. The maximum Gasteiger partial charge on any atom is 0.458 e. The van der Waals surface area contributed by atoms with Crippen LogP contribution in [0.25, 0.3) is 5.57 Å². The predicted molar refractivity (Wildman–Crippen MR) is 59.5 cm³/mol. The second-order valence-corrected chi connectivity index (χ2v) is 3.47. The van der Waals surface area contributed by atoms with Crippen LogP contribution in [0, 0.1) is 17.9 Å². The minimum absolute atomic E-state index is 0.139. The Morgan fingerprint density at radius 2 is 1.50 bits per heavy atom. The van der Waals surface area contributed by atoms with E-state index in [1.54, 1.807) is 0 Å². The molecule has 107 valence electrons. The van der Waals surface area contributed by atoms with E-state index in [1.807, 2.05) is 0 Å². The lowest BCUT2D eigenvalue weighted by molar-refractivity contribution is -0.0870. The first kappa shape index (κ1) is 16.0. The highest BCUT2D eigenvalue weighted by atomic mass is 19.4. The van der Waals surface area contributed by atoms with Crippen molar-refractivity contribution in [3.8, 4) is 17.6 Å². The molecule has 0 N–H and O–H groups in total. The van der Waals surface area contributed by atoms with Crippen molar-refractivity contribution < 1.29 is 31.1 Å². The largest absolute Gasteiger partial charge is 0.497 e. The predicted octanol–water partition coefficient (Wildman–Crippen LogP) is 4.01.